The van der Waals surface area contributed by atoms with Gasteiger partial charge in [-0.3, -0.25) is 14.4 Å². The van der Waals surface area contributed by atoms with Gasteiger partial charge in [0, 0.05) is 11.4 Å². The van der Waals surface area contributed by atoms with Crippen LogP contribution in [-0.2, 0) is 9.53 Å². The molecule has 142 valence electrons. The number of carbonyl (C=O) groups is 4. The Bertz CT molecular complexity index is 998. The predicted octanol–water partition coefficient (Wildman–Crippen LogP) is 3.81. The number of hydrogen-bond donors (Lipinski definition) is 0. The summed E-state index contributed by atoms with van der Waals surface area (Å²) in [7, 11) is 0. The highest BCUT2D eigenvalue weighted by atomic mass is 35.5. The molecule has 0 unspecified atom stereocenters. The summed E-state index contributed by atoms with van der Waals surface area (Å²) in [5.74, 6) is -1.75. The molecule has 1 atom stereocenters. The molecular formula is C21H16ClNO5. The van der Waals surface area contributed by atoms with E-state index in [0.717, 1.165) is 17.7 Å². The summed E-state index contributed by atoms with van der Waals surface area (Å²) in [5, 5.41) is 0.489. The molecule has 2 aromatic rings. The van der Waals surface area contributed by atoms with Gasteiger partial charge in [-0.15, -0.1) is 0 Å². The average Bonchev–Trinajstić information content (AvgIpc) is 2.94. The quantitative estimate of drug-likeness (QED) is 0.581. The normalized spacial score (nSPS) is 19.0. The van der Waals surface area contributed by atoms with Crippen molar-refractivity contribution in [3.8, 4) is 0 Å². The molecule has 1 heterocycles. The van der Waals surface area contributed by atoms with Crippen LogP contribution in [0.4, 0.5) is 5.69 Å². The van der Waals surface area contributed by atoms with E-state index in [1.54, 1.807) is 24.3 Å². The van der Waals surface area contributed by atoms with E-state index in [1.165, 1.54) is 18.2 Å². The first kappa shape index (κ1) is 18.4. The molecule has 2 amide bonds. The van der Waals surface area contributed by atoms with Gasteiger partial charge < -0.3 is 4.74 Å². The molecule has 28 heavy (non-hydrogen) atoms. The van der Waals surface area contributed by atoms with Crippen molar-refractivity contribution < 1.29 is 23.9 Å². The van der Waals surface area contributed by atoms with E-state index in [2.05, 4.69) is 0 Å². The molecule has 1 aliphatic carbocycles. The lowest BCUT2D eigenvalue weighted by Crippen LogP contribution is -2.30. The Hall–Kier alpha value is -2.99. The zero-order valence-electron chi connectivity index (χ0n) is 14.8. The molecule has 2 aliphatic rings. The number of fused-ring (bicyclic) bond motifs is 1. The third-order valence-electron chi connectivity index (χ3n) is 4.95. The summed E-state index contributed by atoms with van der Waals surface area (Å²) in [5.41, 5.74) is 0.873. The summed E-state index contributed by atoms with van der Waals surface area (Å²) in [6, 6.07) is 10.5. The van der Waals surface area contributed by atoms with Crippen LogP contribution in [0.2, 0.25) is 5.02 Å². The average molecular weight is 398 g/mol. The van der Waals surface area contributed by atoms with Gasteiger partial charge in [0.2, 0.25) is 0 Å². The predicted molar refractivity (Wildman–Crippen MR) is 102 cm³/mol. The number of halogens is 1. The molecule has 6 nitrogen and oxygen atoms in total. The van der Waals surface area contributed by atoms with Crippen LogP contribution in [0.25, 0.3) is 0 Å². The minimum Gasteiger partial charge on any atom is -0.451 e. The van der Waals surface area contributed by atoms with Crippen molar-refractivity contribution in [2.45, 2.75) is 31.8 Å². The van der Waals surface area contributed by atoms with Gasteiger partial charge in [0.1, 0.15) is 0 Å². The lowest BCUT2D eigenvalue weighted by Gasteiger charge is -2.20. The monoisotopic (exact) mass is 397 g/mol. The molecule has 0 saturated heterocycles. The molecule has 0 radical (unpaired) electrons. The minimum atomic E-state index is -0.739. The molecule has 0 bridgehead atoms. The fourth-order valence-electron chi connectivity index (χ4n) is 3.47. The molecule has 7 heteroatoms. The van der Waals surface area contributed by atoms with Crippen LogP contribution in [0.5, 0.6) is 0 Å². The molecular weight excluding hydrogens is 382 g/mol. The second-order valence-corrected chi connectivity index (χ2v) is 7.22. The number of hydrogen-bond acceptors (Lipinski definition) is 5. The van der Waals surface area contributed by atoms with Crippen molar-refractivity contribution in [1.29, 1.82) is 0 Å². The number of Topliss-reactive ketones (excluding diaryl/α,β-unsaturated/α-hetero) is 1. The SMILES string of the molecule is O=C(O[C@H]1CCCCC1=O)c1ccc2c(c1)C(=O)N(c1ccc(Cl)cc1)C2=O. The number of anilines is 1. The van der Waals surface area contributed by atoms with Gasteiger partial charge in [-0.1, -0.05) is 11.6 Å². The molecule has 0 spiro atoms. The molecule has 1 saturated carbocycles. The Morgan fingerprint density at radius 3 is 2.39 bits per heavy atom. The first-order chi connectivity index (χ1) is 13.5. The first-order valence-corrected chi connectivity index (χ1v) is 9.35. The van der Waals surface area contributed by atoms with Gasteiger partial charge in [0.25, 0.3) is 11.8 Å². The van der Waals surface area contributed by atoms with Crippen LogP contribution in [0.15, 0.2) is 42.5 Å². The van der Waals surface area contributed by atoms with Crippen LogP contribution in [0, 0.1) is 0 Å². The van der Waals surface area contributed by atoms with E-state index in [0.29, 0.717) is 23.6 Å². The van der Waals surface area contributed by atoms with Crippen LogP contribution in [0.3, 0.4) is 0 Å². The highest BCUT2D eigenvalue weighted by Gasteiger charge is 2.37. The van der Waals surface area contributed by atoms with Gasteiger partial charge in [0.15, 0.2) is 11.9 Å². The van der Waals surface area contributed by atoms with E-state index in [9.17, 15) is 19.2 Å². The Balaban J connectivity index is 1.59. The van der Waals surface area contributed by atoms with Crippen molar-refractivity contribution in [3.63, 3.8) is 0 Å². The van der Waals surface area contributed by atoms with E-state index in [-0.39, 0.29) is 22.5 Å². The van der Waals surface area contributed by atoms with Gasteiger partial charge in [-0.25, -0.2) is 9.69 Å². The fraction of sp³-hybridized carbons (Fsp3) is 0.238. The van der Waals surface area contributed by atoms with Crippen molar-refractivity contribution in [3.05, 3.63) is 64.2 Å². The molecule has 0 aromatic heterocycles. The Kier molecular flexibility index (Phi) is 4.73. The molecule has 1 aliphatic heterocycles. The molecule has 4 rings (SSSR count). The van der Waals surface area contributed by atoms with E-state index in [4.69, 9.17) is 16.3 Å². The highest BCUT2D eigenvalue weighted by molar-refractivity contribution is 6.35. The number of esters is 1. The largest absolute Gasteiger partial charge is 0.451 e. The third kappa shape index (κ3) is 3.20. The number of carbonyl (C=O) groups excluding carboxylic acids is 4. The lowest BCUT2D eigenvalue weighted by molar-refractivity contribution is -0.129. The van der Waals surface area contributed by atoms with Gasteiger partial charge >= 0.3 is 5.97 Å². The highest BCUT2D eigenvalue weighted by Crippen LogP contribution is 2.30. The van der Waals surface area contributed by atoms with Gasteiger partial charge in [0.05, 0.1) is 22.4 Å². The zero-order valence-corrected chi connectivity index (χ0v) is 15.6. The van der Waals surface area contributed by atoms with E-state index in [1.807, 2.05) is 0 Å². The van der Waals surface area contributed by atoms with Crippen molar-refractivity contribution in [2.75, 3.05) is 4.90 Å². The first-order valence-electron chi connectivity index (χ1n) is 8.98. The zero-order chi connectivity index (χ0) is 19.8. The maximum Gasteiger partial charge on any atom is 0.338 e. The van der Waals surface area contributed by atoms with Gasteiger partial charge in [-0.2, -0.15) is 0 Å². The second kappa shape index (κ2) is 7.20. The number of ether oxygens (including phenoxy) is 1. The number of rotatable bonds is 3. The summed E-state index contributed by atoms with van der Waals surface area (Å²) >= 11 is 5.86. The summed E-state index contributed by atoms with van der Waals surface area (Å²) in [6.07, 6.45) is 1.82. The lowest BCUT2D eigenvalue weighted by atomic mass is 9.96. The number of amides is 2. The summed E-state index contributed by atoms with van der Waals surface area (Å²) in [6.45, 7) is 0. The summed E-state index contributed by atoms with van der Waals surface area (Å²) in [4.78, 5) is 50.8. The summed E-state index contributed by atoms with van der Waals surface area (Å²) < 4.78 is 5.32. The standard InChI is InChI=1S/C21H16ClNO5/c22-13-6-8-14(9-7-13)23-19(25)15-10-5-12(11-16(15)20(23)26)21(27)28-18-4-2-1-3-17(18)24/h5-11,18H,1-4H2/t18-/m0/s1. The Morgan fingerprint density at radius 1 is 0.964 bits per heavy atom. The van der Waals surface area contributed by atoms with Crippen molar-refractivity contribution >= 4 is 40.9 Å². The minimum absolute atomic E-state index is 0.0825. The maximum absolute atomic E-state index is 12.8. The van der Waals surface area contributed by atoms with E-state index >= 15 is 0 Å². The maximum atomic E-state index is 12.8. The second-order valence-electron chi connectivity index (χ2n) is 6.79. The fourth-order valence-corrected chi connectivity index (χ4v) is 3.59. The molecule has 0 N–H and O–H groups in total. The van der Waals surface area contributed by atoms with Crippen molar-refractivity contribution in [1.82, 2.24) is 0 Å². The number of ketones is 1. The Labute approximate surface area is 166 Å². The third-order valence-corrected chi connectivity index (χ3v) is 5.21. The topological polar surface area (TPSA) is 80.8 Å². The number of nitrogens with zero attached hydrogens (tertiary/aromatic N) is 1. The van der Waals surface area contributed by atoms with Gasteiger partial charge in [-0.05, 0) is 61.7 Å². The Morgan fingerprint density at radius 2 is 1.68 bits per heavy atom. The van der Waals surface area contributed by atoms with E-state index < -0.39 is 23.9 Å². The number of imide groups is 1. The molecule has 1 fully saturated rings. The van der Waals surface area contributed by atoms with Crippen LogP contribution in [0.1, 0.15) is 56.8 Å². The van der Waals surface area contributed by atoms with Crippen molar-refractivity contribution in [2.24, 2.45) is 0 Å². The smallest absolute Gasteiger partial charge is 0.338 e. The van der Waals surface area contributed by atoms with Crippen LogP contribution in [-0.4, -0.2) is 29.7 Å². The van der Waals surface area contributed by atoms with Crippen LogP contribution < -0.4 is 4.90 Å². The number of benzene rings is 2. The van der Waals surface area contributed by atoms with Crippen LogP contribution >= 0.6 is 11.6 Å². The molecule has 2 aromatic carbocycles.